The first kappa shape index (κ1) is 15.3. The van der Waals surface area contributed by atoms with E-state index in [1.165, 1.54) is 17.0 Å². The van der Waals surface area contributed by atoms with Gasteiger partial charge in [0.2, 0.25) is 0 Å². The Bertz CT molecular complexity index is 545. The zero-order valence-corrected chi connectivity index (χ0v) is 13.9. The van der Waals surface area contributed by atoms with Gasteiger partial charge in [-0.3, -0.25) is 4.68 Å². The molecule has 0 amide bonds. The summed E-state index contributed by atoms with van der Waals surface area (Å²) in [5, 5.41) is 7.84. The number of rotatable bonds is 6. The highest BCUT2D eigenvalue weighted by molar-refractivity contribution is 9.10. The van der Waals surface area contributed by atoms with E-state index in [0.717, 1.165) is 23.9 Å². The van der Waals surface area contributed by atoms with Gasteiger partial charge in [0.05, 0.1) is 5.69 Å². The lowest BCUT2D eigenvalue weighted by Gasteiger charge is -2.17. The van der Waals surface area contributed by atoms with Crippen LogP contribution in [0.25, 0.3) is 0 Å². The summed E-state index contributed by atoms with van der Waals surface area (Å²) in [7, 11) is 4.04. The molecule has 0 fully saturated rings. The molecule has 0 spiro atoms. The van der Waals surface area contributed by atoms with Gasteiger partial charge in [0, 0.05) is 29.7 Å². The maximum atomic E-state index is 4.54. The van der Waals surface area contributed by atoms with Crippen molar-refractivity contribution >= 4 is 15.9 Å². The van der Waals surface area contributed by atoms with Crippen molar-refractivity contribution in [3.05, 3.63) is 51.8 Å². The highest BCUT2D eigenvalue weighted by Gasteiger charge is 2.14. The first-order valence-corrected chi connectivity index (χ1v) is 7.85. The topological polar surface area (TPSA) is 29.9 Å². The van der Waals surface area contributed by atoms with Crippen molar-refractivity contribution < 1.29 is 0 Å². The van der Waals surface area contributed by atoms with Crippen LogP contribution in [0, 0.1) is 0 Å². The first-order valence-electron chi connectivity index (χ1n) is 7.06. The van der Waals surface area contributed by atoms with Crippen LogP contribution in [-0.4, -0.2) is 23.4 Å². The van der Waals surface area contributed by atoms with Gasteiger partial charge in [-0.1, -0.05) is 35.0 Å². The molecule has 0 aliphatic heterocycles. The average Bonchev–Trinajstić information content (AvgIpc) is 2.80. The third kappa shape index (κ3) is 3.70. The van der Waals surface area contributed by atoms with Gasteiger partial charge in [-0.2, -0.15) is 5.10 Å². The summed E-state index contributed by atoms with van der Waals surface area (Å²) >= 11 is 3.49. The molecule has 2 aromatic rings. The highest BCUT2D eigenvalue weighted by atomic mass is 79.9. The van der Waals surface area contributed by atoms with Crippen LogP contribution in [0.2, 0.25) is 0 Å². The number of halogens is 1. The van der Waals surface area contributed by atoms with E-state index >= 15 is 0 Å². The highest BCUT2D eigenvalue weighted by Crippen LogP contribution is 2.22. The Morgan fingerprint density at radius 3 is 2.55 bits per heavy atom. The molecule has 108 valence electrons. The van der Waals surface area contributed by atoms with E-state index in [-0.39, 0.29) is 0 Å². The van der Waals surface area contributed by atoms with Crippen molar-refractivity contribution in [3.63, 3.8) is 0 Å². The van der Waals surface area contributed by atoms with Gasteiger partial charge in [-0.05, 0) is 43.7 Å². The molecule has 1 aromatic heterocycles. The summed E-state index contributed by atoms with van der Waals surface area (Å²) in [5.41, 5.74) is 3.83. The summed E-state index contributed by atoms with van der Waals surface area (Å²) in [6, 6.07) is 10.8. The van der Waals surface area contributed by atoms with Crippen molar-refractivity contribution in [3.8, 4) is 0 Å². The van der Waals surface area contributed by atoms with Crippen molar-refractivity contribution in [2.75, 3.05) is 13.6 Å². The summed E-state index contributed by atoms with van der Waals surface area (Å²) in [6.45, 7) is 3.11. The molecule has 0 saturated carbocycles. The molecular formula is C16H22BrN3. The van der Waals surface area contributed by atoms with Crippen molar-refractivity contribution in [1.29, 1.82) is 0 Å². The van der Waals surface area contributed by atoms with Gasteiger partial charge in [0.1, 0.15) is 0 Å². The lowest BCUT2D eigenvalue weighted by atomic mass is 9.94. The minimum Gasteiger partial charge on any atom is -0.319 e. The SMILES string of the molecule is CCc1cc(CC(CNC)c2ccc(Br)cc2)n(C)n1. The molecule has 4 heteroatoms. The maximum Gasteiger partial charge on any atom is 0.0624 e. The van der Waals surface area contributed by atoms with Gasteiger partial charge in [0.15, 0.2) is 0 Å². The van der Waals surface area contributed by atoms with E-state index in [4.69, 9.17) is 0 Å². The number of nitrogens with one attached hydrogen (secondary N) is 1. The van der Waals surface area contributed by atoms with Crippen LogP contribution in [0.15, 0.2) is 34.8 Å². The fourth-order valence-electron chi connectivity index (χ4n) is 2.48. The molecular weight excluding hydrogens is 314 g/mol. The minimum absolute atomic E-state index is 0.466. The molecule has 0 saturated heterocycles. The molecule has 1 N–H and O–H groups in total. The Morgan fingerprint density at radius 2 is 2.00 bits per heavy atom. The maximum absolute atomic E-state index is 4.54. The van der Waals surface area contributed by atoms with E-state index in [9.17, 15) is 0 Å². The van der Waals surface area contributed by atoms with Gasteiger partial charge in [-0.15, -0.1) is 0 Å². The molecule has 1 unspecified atom stereocenters. The second-order valence-electron chi connectivity index (χ2n) is 5.11. The Hall–Kier alpha value is -1.13. The number of aromatic nitrogens is 2. The third-order valence-electron chi connectivity index (χ3n) is 3.64. The molecule has 1 atom stereocenters. The zero-order valence-electron chi connectivity index (χ0n) is 12.4. The molecule has 1 heterocycles. The Labute approximate surface area is 129 Å². The Balaban J connectivity index is 2.20. The van der Waals surface area contributed by atoms with Crippen LogP contribution >= 0.6 is 15.9 Å². The number of aryl methyl sites for hydroxylation is 2. The monoisotopic (exact) mass is 335 g/mol. The van der Waals surface area contributed by atoms with Gasteiger partial charge < -0.3 is 5.32 Å². The summed E-state index contributed by atoms with van der Waals surface area (Å²) in [4.78, 5) is 0. The standard InChI is InChI=1S/C16H22BrN3/c1-4-15-10-16(20(3)19-15)9-13(11-18-2)12-5-7-14(17)8-6-12/h5-8,10,13,18H,4,9,11H2,1-3H3. The van der Waals surface area contributed by atoms with Crippen LogP contribution in [0.4, 0.5) is 0 Å². The van der Waals surface area contributed by atoms with E-state index in [1.807, 2.05) is 18.8 Å². The molecule has 0 bridgehead atoms. The molecule has 3 nitrogen and oxygen atoms in total. The quantitative estimate of drug-likeness (QED) is 0.877. The van der Waals surface area contributed by atoms with E-state index in [1.54, 1.807) is 0 Å². The van der Waals surface area contributed by atoms with Crippen LogP contribution in [0.3, 0.4) is 0 Å². The average molecular weight is 336 g/mol. The predicted octanol–water partition coefficient (Wildman–Crippen LogP) is 3.29. The van der Waals surface area contributed by atoms with Gasteiger partial charge >= 0.3 is 0 Å². The van der Waals surface area contributed by atoms with Crippen LogP contribution < -0.4 is 5.32 Å². The van der Waals surface area contributed by atoms with Gasteiger partial charge in [-0.25, -0.2) is 0 Å². The molecule has 20 heavy (non-hydrogen) atoms. The molecule has 2 rings (SSSR count). The fraction of sp³-hybridized carbons (Fsp3) is 0.438. The minimum atomic E-state index is 0.466. The van der Waals surface area contributed by atoms with Crippen molar-refractivity contribution in [2.24, 2.45) is 7.05 Å². The summed E-state index contributed by atoms with van der Waals surface area (Å²) in [6.07, 6.45) is 1.99. The number of benzene rings is 1. The summed E-state index contributed by atoms with van der Waals surface area (Å²) < 4.78 is 3.14. The fourth-order valence-corrected chi connectivity index (χ4v) is 2.74. The Morgan fingerprint density at radius 1 is 1.30 bits per heavy atom. The molecule has 0 aliphatic carbocycles. The van der Waals surface area contributed by atoms with E-state index in [2.05, 4.69) is 63.6 Å². The number of hydrogen-bond acceptors (Lipinski definition) is 2. The van der Waals surface area contributed by atoms with Crippen LogP contribution in [0.5, 0.6) is 0 Å². The second-order valence-corrected chi connectivity index (χ2v) is 6.03. The van der Waals surface area contributed by atoms with Crippen LogP contribution in [-0.2, 0) is 19.9 Å². The largest absolute Gasteiger partial charge is 0.319 e. The predicted molar refractivity (Wildman–Crippen MR) is 87.1 cm³/mol. The molecule has 0 radical (unpaired) electrons. The first-order chi connectivity index (χ1) is 9.63. The summed E-state index contributed by atoms with van der Waals surface area (Å²) in [5.74, 6) is 0.466. The smallest absolute Gasteiger partial charge is 0.0624 e. The van der Waals surface area contributed by atoms with E-state index < -0.39 is 0 Å². The van der Waals surface area contributed by atoms with E-state index in [0.29, 0.717) is 5.92 Å². The van der Waals surface area contributed by atoms with Crippen molar-refractivity contribution in [2.45, 2.75) is 25.7 Å². The zero-order chi connectivity index (χ0) is 14.5. The molecule has 1 aromatic carbocycles. The normalized spacial score (nSPS) is 12.6. The number of nitrogens with zero attached hydrogens (tertiary/aromatic N) is 2. The lowest BCUT2D eigenvalue weighted by Crippen LogP contribution is -2.20. The second kappa shape index (κ2) is 7.04. The number of likely N-dealkylation sites (N-methyl/N-ethyl adjacent to an activating group) is 1. The number of hydrogen-bond donors (Lipinski definition) is 1. The van der Waals surface area contributed by atoms with Crippen LogP contribution in [0.1, 0.15) is 29.8 Å². The lowest BCUT2D eigenvalue weighted by molar-refractivity contribution is 0.590. The molecule has 0 aliphatic rings. The Kier molecular flexibility index (Phi) is 5.38. The van der Waals surface area contributed by atoms with Gasteiger partial charge in [0.25, 0.3) is 0 Å². The van der Waals surface area contributed by atoms with Crippen molar-refractivity contribution in [1.82, 2.24) is 15.1 Å². The third-order valence-corrected chi connectivity index (χ3v) is 4.17.